The third kappa shape index (κ3) is 8.76. The molecule has 4 atom stereocenters. The van der Waals surface area contributed by atoms with Gasteiger partial charge in [0, 0.05) is 13.0 Å². The van der Waals surface area contributed by atoms with E-state index < -0.39 is 41.9 Å². The number of amides is 1. The molecule has 0 bridgehead atoms. The van der Waals surface area contributed by atoms with Crippen molar-refractivity contribution < 1.29 is 37.7 Å². The average Bonchev–Trinajstić information content (AvgIpc) is 2.82. The molecule has 0 unspecified atom stereocenters. The second kappa shape index (κ2) is 13.0. The van der Waals surface area contributed by atoms with Crippen LogP contribution in [0.5, 0.6) is 0 Å². The average molecular weight is 510 g/mol. The zero-order chi connectivity index (χ0) is 27.0. The molecule has 202 valence electrons. The van der Waals surface area contributed by atoms with Crippen LogP contribution in [0.15, 0.2) is 24.3 Å². The molecule has 1 amide bonds. The van der Waals surface area contributed by atoms with E-state index in [2.05, 4.69) is 0 Å². The zero-order valence-electron chi connectivity index (χ0n) is 22.4. The van der Waals surface area contributed by atoms with Gasteiger partial charge in [-0.2, -0.15) is 0 Å². The molecule has 8 nitrogen and oxygen atoms in total. The number of ether oxygens (including phenoxy) is 4. The van der Waals surface area contributed by atoms with Gasteiger partial charge in [-0.3, -0.25) is 9.69 Å². The van der Waals surface area contributed by atoms with Crippen molar-refractivity contribution in [3.05, 3.63) is 35.6 Å². The van der Waals surface area contributed by atoms with Crippen molar-refractivity contribution in [2.24, 2.45) is 11.8 Å². The fourth-order valence-electron chi connectivity index (χ4n) is 4.18. The van der Waals surface area contributed by atoms with Crippen molar-refractivity contribution in [3.63, 3.8) is 0 Å². The summed E-state index contributed by atoms with van der Waals surface area (Å²) in [5, 5.41) is 0. The molecule has 9 heteroatoms. The SMILES string of the molecule is COCN(C(=O)OC(C)(C)C)[C@H]1CCC[C@H](Cc2ccc(F)cc2)[C@@H](OC(=O)C(C)C)[C@H](C)OC1=O. The van der Waals surface area contributed by atoms with Gasteiger partial charge in [-0.15, -0.1) is 0 Å². The number of carbonyl (C=O) groups is 3. The number of benzene rings is 1. The van der Waals surface area contributed by atoms with Crippen LogP contribution in [0.3, 0.4) is 0 Å². The number of hydrogen-bond acceptors (Lipinski definition) is 7. The lowest BCUT2D eigenvalue weighted by atomic mass is 9.86. The number of halogens is 1. The topological polar surface area (TPSA) is 91.4 Å². The smallest absolute Gasteiger partial charge is 0.412 e. The lowest BCUT2D eigenvalue weighted by Gasteiger charge is -2.33. The second-order valence-corrected chi connectivity index (χ2v) is 10.6. The molecule has 1 aliphatic rings. The third-order valence-corrected chi connectivity index (χ3v) is 5.96. The third-order valence-electron chi connectivity index (χ3n) is 5.96. The van der Waals surface area contributed by atoms with E-state index in [0.29, 0.717) is 25.7 Å². The molecule has 0 N–H and O–H groups in total. The lowest BCUT2D eigenvalue weighted by Crippen LogP contribution is -2.49. The van der Waals surface area contributed by atoms with Crippen molar-refractivity contribution in [2.75, 3.05) is 13.8 Å². The van der Waals surface area contributed by atoms with E-state index in [4.69, 9.17) is 18.9 Å². The van der Waals surface area contributed by atoms with Crippen LogP contribution in [0.2, 0.25) is 0 Å². The van der Waals surface area contributed by atoms with Crippen LogP contribution in [0.4, 0.5) is 9.18 Å². The first-order valence-corrected chi connectivity index (χ1v) is 12.5. The monoisotopic (exact) mass is 509 g/mol. The van der Waals surface area contributed by atoms with Crippen LogP contribution in [-0.4, -0.2) is 60.6 Å². The van der Waals surface area contributed by atoms with E-state index in [-0.39, 0.29) is 24.4 Å². The van der Waals surface area contributed by atoms with Gasteiger partial charge in [0.15, 0.2) is 0 Å². The summed E-state index contributed by atoms with van der Waals surface area (Å²) < 4.78 is 35.8. The Balaban J connectivity index is 2.34. The first-order chi connectivity index (χ1) is 16.8. The van der Waals surface area contributed by atoms with E-state index in [1.165, 1.54) is 24.1 Å². The van der Waals surface area contributed by atoms with Crippen LogP contribution >= 0.6 is 0 Å². The van der Waals surface area contributed by atoms with Gasteiger partial charge < -0.3 is 18.9 Å². The van der Waals surface area contributed by atoms with Crippen molar-refractivity contribution in [1.29, 1.82) is 0 Å². The maximum atomic E-state index is 13.5. The Morgan fingerprint density at radius 1 is 1.17 bits per heavy atom. The summed E-state index contributed by atoms with van der Waals surface area (Å²) in [4.78, 5) is 39.9. The van der Waals surface area contributed by atoms with Crippen LogP contribution in [0.25, 0.3) is 0 Å². The Kier molecular flexibility index (Phi) is 10.7. The minimum Gasteiger partial charge on any atom is -0.458 e. The Bertz CT molecular complexity index is 881. The summed E-state index contributed by atoms with van der Waals surface area (Å²) in [5.41, 5.74) is 0.130. The lowest BCUT2D eigenvalue weighted by molar-refractivity contribution is -0.176. The highest BCUT2D eigenvalue weighted by molar-refractivity contribution is 5.81. The fourth-order valence-corrected chi connectivity index (χ4v) is 4.18. The highest BCUT2D eigenvalue weighted by Gasteiger charge is 2.40. The van der Waals surface area contributed by atoms with E-state index in [1.807, 2.05) is 0 Å². The molecular weight excluding hydrogens is 469 g/mol. The van der Waals surface area contributed by atoms with Crippen molar-refractivity contribution in [1.82, 2.24) is 4.90 Å². The summed E-state index contributed by atoms with van der Waals surface area (Å²) in [6.07, 6.45) is -0.171. The Morgan fingerprint density at radius 3 is 2.36 bits per heavy atom. The highest BCUT2D eigenvalue weighted by atomic mass is 19.1. The van der Waals surface area contributed by atoms with Crippen molar-refractivity contribution >= 4 is 18.0 Å². The Hall–Kier alpha value is -2.68. The minimum atomic E-state index is -0.923. The number of methoxy groups -OCH3 is 1. The number of cyclic esters (lactones) is 1. The Labute approximate surface area is 213 Å². The summed E-state index contributed by atoms with van der Waals surface area (Å²) >= 11 is 0. The minimum absolute atomic E-state index is 0.145. The Morgan fingerprint density at radius 2 is 1.81 bits per heavy atom. The van der Waals surface area contributed by atoms with Gasteiger partial charge in [-0.25, -0.2) is 14.0 Å². The molecule has 1 saturated heterocycles. The van der Waals surface area contributed by atoms with Crippen molar-refractivity contribution in [2.45, 2.75) is 91.1 Å². The molecule has 1 aromatic rings. The predicted octanol–water partition coefficient (Wildman–Crippen LogP) is 4.88. The highest BCUT2D eigenvalue weighted by Crippen LogP contribution is 2.29. The van der Waals surface area contributed by atoms with Gasteiger partial charge in [-0.1, -0.05) is 32.4 Å². The molecule has 36 heavy (non-hydrogen) atoms. The fraction of sp³-hybridized carbons (Fsp3) is 0.667. The van der Waals surface area contributed by atoms with Gasteiger partial charge in [0.2, 0.25) is 0 Å². The van der Waals surface area contributed by atoms with Crippen LogP contribution in [0.1, 0.15) is 66.4 Å². The van der Waals surface area contributed by atoms with Crippen LogP contribution in [-0.2, 0) is 35.0 Å². The van der Waals surface area contributed by atoms with Gasteiger partial charge in [0.1, 0.15) is 36.4 Å². The van der Waals surface area contributed by atoms with E-state index >= 15 is 0 Å². The molecule has 0 aliphatic carbocycles. The number of carbonyl (C=O) groups excluding carboxylic acids is 3. The molecule has 0 spiro atoms. The molecular formula is C27H40FNO7. The number of nitrogens with zero attached hydrogens (tertiary/aromatic N) is 1. The van der Waals surface area contributed by atoms with E-state index in [9.17, 15) is 18.8 Å². The normalized spacial score (nSPS) is 23.2. The largest absolute Gasteiger partial charge is 0.458 e. The first kappa shape index (κ1) is 29.5. The number of rotatable bonds is 7. The van der Waals surface area contributed by atoms with E-state index in [0.717, 1.165) is 5.56 Å². The van der Waals surface area contributed by atoms with Gasteiger partial charge >= 0.3 is 18.0 Å². The second-order valence-electron chi connectivity index (χ2n) is 10.6. The summed E-state index contributed by atoms with van der Waals surface area (Å²) in [7, 11) is 1.43. The van der Waals surface area contributed by atoms with Crippen LogP contribution < -0.4 is 0 Å². The number of hydrogen-bond donors (Lipinski definition) is 0. The van der Waals surface area contributed by atoms with Gasteiger partial charge in [-0.05, 0) is 64.7 Å². The first-order valence-electron chi connectivity index (χ1n) is 12.5. The quantitative estimate of drug-likeness (QED) is 0.294. The predicted molar refractivity (Wildman–Crippen MR) is 131 cm³/mol. The molecule has 0 radical (unpaired) electrons. The molecule has 1 heterocycles. The van der Waals surface area contributed by atoms with Crippen LogP contribution in [0, 0.1) is 17.7 Å². The van der Waals surface area contributed by atoms with Crippen molar-refractivity contribution in [3.8, 4) is 0 Å². The summed E-state index contributed by atoms with van der Waals surface area (Å²) in [6.45, 7) is 10.2. The molecule has 0 aromatic heterocycles. The summed E-state index contributed by atoms with van der Waals surface area (Å²) in [6, 6.07) is 5.26. The van der Waals surface area contributed by atoms with Gasteiger partial charge in [0.05, 0.1) is 5.92 Å². The summed E-state index contributed by atoms with van der Waals surface area (Å²) in [5.74, 6) is -1.88. The molecule has 1 aliphatic heterocycles. The standard InChI is InChI=1S/C27H40FNO7/c1-17(2)24(30)35-23-18(3)34-25(31)22(29(16-33-7)26(32)36-27(4,5)6)10-8-9-20(23)15-19-11-13-21(28)14-12-19/h11-14,17-18,20,22-23H,8-10,15-16H2,1-7H3/t18-,20+,22-,23-/m0/s1. The maximum Gasteiger partial charge on any atom is 0.412 e. The molecule has 1 aromatic carbocycles. The van der Waals surface area contributed by atoms with Gasteiger partial charge in [0.25, 0.3) is 0 Å². The zero-order valence-corrected chi connectivity index (χ0v) is 22.4. The molecule has 2 rings (SSSR count). The molecule has 0 saturated carbocycles. The molecule has 1 fully saturated rings. The maximum absolute atomic E-state index is 13.5. The van der Waals surface area contributed by atoms with E-state index in [1.54, 1.807) is 53.7 Å². The number of esters is 2.